The van der Waals surface area contributed by atoms with Crippen LogP contribution in [0.1, 0.15) is 40.3 Å². The Balaban J connectivity index is 0.000000257. The average molecular weight is 701 g/mol. The van der Waals surface area contributed by atoms with Crippen molar-refractivity contribution in [1.29, 1.82) is 0 Å². The normalized spacial score (nSPS) is 10.2. The summed E-state index contributed by atoms with van der Waals surface area (Å²) in [6, 6.07) is 35.9. The van der Waals surface area contributed by atoms with Gasteiger partial charge in [0.2, 0.25) is 0 Å². The van der Waals surface area contributed by atoms with Crippen LogP contribution in [0, 0.1) is 34.6 Å². The van der Waals surface area contributed by atoms with Crippen LogP contribution in [0.2, 0.25) is 13.1 Å². The molecule has 0 atom stereocenters. The van der Waals surface area contributed by atoms with Gasteiger partial charge in [0.05, 0.1) is 0 Å². The van der Waals surface area contributed by atoms with Gasteiger partial charge in [0.1, 0.15) is 0 Å². The third-order valence-corrected chi connectivity index (χ3v) is 7.18. The molecule has 6 aromatic rings. The van der Waals surface area contributed by atoms with Gasteiger partial charge in [-0.15, -0.1) is 69.1 Å². The minimum absolute atomic E-state index is 0. The Morgan fingerprint density at radius 1 is 0.581 bits per heavy atom. The molecule has 6 aromatic carbocycles. The molecule has 0 spiro atoms. The first-order valence-corrected chi connectivity index (χ1v) is 20.8. The van der Waals surface area contributed by atoms with Crippen LogP contribution < -0.4 is 24.8 Å². The van der Waals surface area contributed by atoms with E-state index in [-0.39, 0.29) is 30.2 Å². The van der Waals surface area contributed by atoms with E-state index in [0.717, 1.165) is 6.42 Å². The summed E-state index contributed by atoms with van der Waals surface area (Å²) in [6.45, 7) is 17.6. The van der Waals surface area contributed by atoms with Gasteiger partial charge in [-0.1, -0.05) is 95.8 Å². The zero-order valence-corrected chi connectivity index (χ0v) is 31.7. The molecule has 0 N–H and O–H groups in total. The Labute approximate surface area is 286 Å². The maximum Gasteiger partial charge on any atom is -0.0274 e. The Kier molecular flexibility index (Phi) is 14.4. The molecule has 0 aromatic heterocycles. The Bertz CT molecular complexity index is 1780. The van der Waals surface area contributed by atoms with Crippen molar-refractivity contribution in [3.05, 3.63) is 130 Å². The molecule has 0 heterocycles. The van der Waals surface area contributed by atoms with Crippen molar-refractivity contribution in [2.45, 2.75) is 61.1 Å². The fourth-order valence-electron chi connectivity index (χ4n) is 5.65. The average Bonchev–Trinajstić information content (AvgIpc) is 3.49. The zero-order valence-electron chi connectivity index (χ0n) is 26.7. The van der Waals surface area contributed by atoms with Gasteiger partial charge in [0, 0.05) is 0 Å². The van der Waals surface area contributed by atoms with Gasteiger partial charge in [-0.2, -0.15) is 12.1 Å². The van der Waals surface area contributed by atoms with E-state index in [1.165, 1.54) is 77.2 Å². The number of hydrogen-bond acceptors (Lipinski definition) is 0. The third kappa shape index (κ3) is 9.89. The molecule has 0 aliphatic carbocycles. The van der Waals surface area contributed by atoms with Gasteiger partial charge in [0.15, 0.2) is 0 Å². The summed E-state index contributed by atoms with van der Waals surface area (Å²) in [5.74, 6) is 0. The number of hydrogen-bond donors (Lipinski definition) is 0. The van der Waals surface area contributed by atoms with Crippen molar-refractivity contribution >= 4 is 27.0 Å². The second-order valence-electron chi connectivity index (χ2n) is 11.6. The number of aryl methyl sites for hydroxylation is 6. The number of halogens is 2. The number of benzene rings is 4. The van der Waals surface area contributed by atoms with Crippen LogP contribution in [0.5, 0.6) is 0 Å². The molecule has 4 heteroatoms. The van der Waals surface area contributed by atoms with Crippen LogP contribution in [0.4, 0.5) is 0 Å². The minimum Gasteiger partial charge on any atom is -1.00 e. The first-order chi connectivity index (χ1) is 19.5. The van der Waals surface area contributed by atoms with Crippen molar-refractivity contribution < 1.29 is 48.1 Å². The fraction of sp³-hybridized carbons (Fsp3) is 0.231. The summed E-state index contributed by atoms with van der Waals surface area (Å²) in [5, 5.41) is 5.43. The van der Waals surface area contributed by atoms with Crippen molar-refractivity contribution in [3.63, 3.8) is 0 Å². The first kappa shape index (κ1) is 37.0. The molecule has 0 saturated heterocycles. The van der Waals surface area contributed by atoms with Crippen molar-refractivity contribution in [3.8, 4) is 22.3 Å². The van der Waals surface area contributed by atoms with Crippen LogP contribution in [-0.2, 0) is 29.8 Å². The number of fused-ring (bicyclic) bond motifs is 2. The van der Waals surface area contributed by atoms with E-state index in [1.807, 2.05) is 0 Å². The van der Waals surface area contributed by atoms with Crippen LogP contribution in [0.25, 0.3) is 43.8 Å². The van der Waals surface area contributed by atoms with Gasteiger partial charge in [0.25, 0.3) is 0 Å². The summed E-state index contributed by atoms with van der Waals surface area (Å²) in [5.41, 5.74) is 13.6. The maximum absolute atomic E-state index is 2.34. The molecule has 0 fully saturated rings. The van der Waals surface area contributed by atoms with E-state index >= 15 is 0 Å². The summed E-state index contributed by atoms with van der Waals surface area (Å²) in [7, 11) is 0. The van der Waals surface area contributed by atoms with Crippen LogP contribution >= 0.6 is 0 Å². The fourth-order valence-corrected chi connectivity index (χ4v) is 5.65. The molecule has 0 amide bonds. The molecular weight excluding hydrogens is 659 g/mol. The van der Waals surface area contributed by atoms with E-state index < -0.39 is 0 Å². The molecule has 0 radical (unpaired) electrons. The Morgan fingerprint density at radius 3 is 1.40 bits per heavy atom. The maximum atomic E-state index is 2.34. The first-order valence-electron chi connectivity index (χ1n) is 14.6. The van der Waals surface area contributed by atoms with E-state index in [9.17, 15) is 0 Å². The second kappa shape index (κ2) is 16.7. The van der Waals surface area contributed by atoms with Crippen molar-refractivity contribution in [2.24, 2.45) is 0 Å². The molecule has 0 nitrogen and oxygen atoms in total. The monoisotopic (exact) mass is 698 g/mol. The molecule has 0 saturated carbocycles. The summed E-state index contributed by atoms with van der Waals surface area (Å²) in [6.07, 6.45) is 1.10. The van der Waals surface area contributed by atoms with Gasteiger partial charge in [-0.3, -0.25) is 0 Å². The quantitative estimate of drug-likeness (QED) is 0.173. The van der Waals surface area contributed by atoms with Gasteiger partial charge >= 0.3 is 41.9 Å². The molecule has 0 aliphatic rings. The minimum atomic E-state index is 0. The standard InChI is InChI=1S/C19H19.C18H17.C2H6Si.2ClH.Zr/c1-4-15-11-16-6-5-7-18(19(16)12-15)17-9-13(2)8-14(3)10-17;1-12-7-13(2)10-16(9-12)17-6-4-5-15-8-14(3)11-18(15)17;1-3-2;;;/h5-12H,4H2,1-3H3;4-11H,1-3H3;1-2H3;2*1H;/q2*-1;;;;+2/p-2. The van der Waals surface area contributed by atoms with Crippen molar-refractivity contribution in [1.82, 2.24) is 0 Å². The van der Waals surface area contributed by atoms with E-state index in [1.54, 1.807) is 23.3 Å². The third-order valence-electron chi connectivity index (χ3n) is 7.18. The summed E-state index contributed by atoms with van der Waals surface area (Å²) >= 11 is 1.74. The molecule has 0 bridgehead atoms. The predicted octanol–water partition coefficient (Wildman–Crippen LogP) is 5.35. The van der Waals surface area contributed by atoms with Crippen LogP contribution in [0.3, 0.4) is 0 Å². The topological polar surface area (TPSA) is 0 Å². The molecular formula is C39H42Cl2SiZr-2. The Morgan fingerprint density at radius 2 is 0.977 bits per heavy atom. The Hall–Kier alpha value is -2.22. The number of rotatable bonds is 3. The van der Waals surface area contributed by atoms with Gasteiger partial charge in [-0.25, -0.2) is 0 Å². The van der Waals surface area contributed by atoms with E-state index in [4.69, 9.17) is 0 Å². The molecule has 222 valence electrons. The zero-order chi connectivity index (χ0) is 29.7. The molecule has 6 rings (SSSR count). The molecule has 0 aliphatic heterocycles. The van der Waals surface area contributed by atoms with E-state index in [2.05, 4.69) is 152 Å². The molecule has 43 heavy (non-hydrogen) atoms. The second-order valence-corrected chi connectivity index (χ2v) is 21.0. The SMILES string of the molecule is CCc1cc2c(-c3cc(C)cc(C)c3)cccc2[cH-]1.C[Si](C)=[Zr+2].Cc1cc(C)cc(-c2cccc3[cH-]c(C)cc23)c1.[Cl-].[Cl-]. The van der Waals surface area contributed by atoms with Crippen LogP contribution in [-0.4, -0.2) is 5.43 Å². The van der Waals surface area contributed by atoms with Crippen molar-refractivity contribution in [2.75, 3.05) is 0 Å². The van der Waals surface area contributed by atoms with Gasteiger partial charge < -0.3 is 24.8 Å². The van der Waals surface area contributed by atoms with Crippen LogP contribution in [0.15, 0.2) is 97.1 Å². The van der Waals surface area contributed by atoms with Gasteiger partial charge in [-0.05, 0) is 45.2 Å². The summed E-state index contributed by atoms with van der Waals surface area (Å²) in [4.78, 5) is 0. The largest absolute Gasteiger partial charge is 1.00 e. The molecule has 0 unspecified atom stereocenters. The van der Waals surface area contributed by atoms with E-state index in [0.29, 0.717) is 0 Å². The summed E-state index contributed by atoms with van der Waals surface area (Å²) < 4.78 is 0. The predicted molar refractivity (Wildman–Crippen MR) is 180 cm³/mol. The smallest absolute Gasteiger partial charge is 0.0274 e.